The molecule has 112 valence electrons. The molecule has 0 aliphatic carbocycles. The zero-order valence-corrected chi connectivity index (χ0v) is 12.8. The molecule has 0 saturated carbocycles. The Kier molecular flexibility index (Phi) is 6.83. The van der Waals surface area contributed by atoms with E-state index in [0.29, 0.717) is 6.61 Å². The van der Waals surface area contributed by atoms with Crippen LogP contribution in [-0.2, 0) is 9.53 Å². The van der Waals surface area contributed by atoms with Gasteiger partial charge in [0.1, 0.15) is 6.54 Å². The average Bonchev–Trinajstić information content (AvgIpc) is 2.30. The lowest BCUT2D eigenvalue weighted by atomic mass is 9.87. The minimum absolute atomic E-state index is 0.00107. The molecule has 0 rings (SSSR count). The number of amides is 2. The highest BCUT2D eigenvalue weighted by molar-refractivity contribution is 5.80. The Balaban J connectivity index is 4.82. The summed E-state index contributed by atoms with van der Waals surface area (Å²) in [5.41, 5.74) is -0.0689. The predicted octanol–water partition coefficient (Wildman–Crippen LogP) is 1.51. The van der Waals surface area contributed by atoms with E-state index in [9.17, 15) is 9.59 Å². The van der Waals surface area contributed by atoms with Crippen molar-refractivity contribution in [2.45, 2.75) is 33.7 Å². The van der Waals surface area contributed by atoms with Gasteiger partial charge in [-0.25, -0.2) is 4.79 Å². The third kappa shape index (κ3) is 5.92. The summed E-state index contributed by atoms with van der Waals surface area (Å²) in [5.74, 6) is -1.03. The molecular weight excluding hydrogens is 248 g/mol. The lowest BCUT2D eigenvalue weighted by Gasteiger charge is -2.37. The van der Waals surface area contributed by atoms with Crippen LogP contribution in [0.1, 0.15) is 27.7 Å². The minimum atomic E-state index is -1.03. The first kappa shape index (κ1) is 17.7. The third-order valence-electron chi connectivity index (χ3n) is 3.30. The van der Waals surface area contributed by atoms with Crippen molar-refractivity contribution in [3.05, 3.63) is 0 Å². The van der Waals surface area contributed by atoms with Gasteiger partial charge in [0, 0.05) is 26.7 Å². The summed E-state index contributed by atoms with van der Waals surface area (Å²) in [6, 6.07) is -0.291. The number of methoxy groups -OCH3 is 1. The summed E-state index contributed by atoms with van der Waals surface area (Å²) >= 11 is 0. The van der Waals surface area contributed by atoms with Gasteiger partial charge in [0.15, 0.2) is 0 Å². The van der Waals surface area contributed by atoms with E-state index in [0.717, 1.165) is 0 Å². The van der Waals surface area contributed by atoms with Crippen molar-refractivity contribution in [3.63, 3.8) is 0 Å². The van der Waals surface area contributed by atoms with Crippen LogP contribution in [0.5, 0.6) is 0 Å². The number of urea groups is 1. The smallest absolute Gasteiger partial charge is 0.323 e. The van der Waals surface area contributed by atoms with Crippen LogP contribution in [0, 0.1) is 5.41 Å². The molecule has 6 nitrogen and oxygen atoms in total. The van der Waals surface area contributed by atoms with Gasteiger partial charge in [0.25, 0.3) is 0 Å². The van der Waals surface area contributed by atoms with Crippen LogP contribution in [0.2, 0.25) is 0 Å². The van der Waals surface area contributed by atoms with Gasteiger partial charge in [-0.2, -0.15) is 0 Å². The van der Waals surface area contributed by atoms with Crippen molar-refractivity contribution in [1.29, 1.82) is 0 Å². The fourth-order valence-electron chi connectivity index (χ4n) is 1.58. The number of ether oxygens (including phenoxy) is 1. The van der Waals surface area contributed by atoms with Crippen molar-refractivity contribution in [2.75, 3.05) is 33.9 Å². The SMILES string of the molecule is COCCN(CC(=O)O)C(=O)N(C)C(C)C(C)(C)C. The number of nitrogens with zero attached hydrogens (tertiary/aromatic N) is 2. The van der Waals surface area contributed by atoms with E-state index in [1.165, 1.54) is 12.0 Å². The summed E-state index contributed by atoms with van der Waals surface area (Å²) in [4.78, 5) is 26.0. The fraction of sp³-hybridized carbons (Fsp3) is 0.846. The Hall–Kier alpha value is -1.30. The summed E-state index contributed by atoms with van der Waals surface area (Å²) in [6.45, 7) is 8.34. The molecule has 0 aliphatic rings. The molecule has 2 amide bonds. The largest absolute Gasteiger partial charge is 0.480 e. The van der Waals surface area contributed by atoms with Gasteiger partial charge >= 0.3 is 12.0 Å². The summed E-state index contributed by atoms with van der Waals surface area (Å²) < 4.78 is 4.91. The number of carbonyl (C=O) groups excluding carboxylic acids is 1. The molecule has 0 radical (unpaired) electrons. The van der Waals surface area contributed by atoms with Gasteiger partial charge < -0.3 is 19.6 Å². The number of carboxylic acids is 1. The van der Waals surface area contributed by atoms with Crippen LogP contribution in [0.15, 0.2) is 0 Å². The molecule has 0 aliphatic heterocycles. The average molecular weight is 274 g/mol. The standard InChI is InChI=1S/C13H26N2O4/c1-10(13(2,3)4)14(5)12(18)15(7-8-19-6)9-11(16)17/h10H,7-9H2,1-6H3,(H,16,17). The summed E-state index contributed by atoms with van der Waals surface area (Å²) in [6.07, 6.45) is 0. The molecule has 0 aromatic heterocycles. The maximum atomic E-state index is 12.3. The van der Waals surface area contributed by atoms with E-state index in [1.54, 1.807) is 11.9 Å². The number of hydrogen-bond acceptors (Lipinski definition) is 3. The van der Waals surface area contributed by atoms with Gasteiger partial charge in [0.2, 0.25) is 0 Å². The van der Waals surface area contributed by atoms with Gasteiger partial charge in [-0.3, -0.25) is 4.79 Å². The van der Waals surface area contributed by atoms with Gasteiger partial charge in [-0.15, -0.1) is 0 Å². The lowest BCUT2D eigenvalue weighted by Crippen LogP contribution is -2.51. The Morgan fingerprint density at radius 2 is 1.84 bits per heavy atom. The topological polar surface area (TPSA) is 70.1 Å². The maximum absolute atomic E-state index is 12.3. The lowest BCUT2D eigenvalue weighted by molar-refractivity contribution is -0.137. The van der Waals surface area contributed by atoms with E-state index in [-0.39, 0.29) is 30.6 Å². The zero-order valence-electron chi connectivity index (χ0n) is 12.8. The number of hydrogen-bond donors (Lipinski definition) is 1. The molecular formula is C13H26N2O4. The third-order valence-corrected chi connectivity index (χ3v) is 3.30. The Morgan fingerprint density at radius 1 is 1.32 bits per heavy atom. The fourth-order valence-corrected chi connectivity index (χ4v) is 1.58. The minimum Gasteiger partial charge on any atom is -0.480 e. The van der Waals surface area contributed by atoms with E-state index < -0.39 is 5.97 Å². The molecule has 1 atom stereocenters. The monoisotopic (exact) mass is 274 g/mol. The second kappa shape index (κ2) is 7.33. The number of aliphatic carboxylic acids is 1. The zero-order chi connectivity index (χ0) is 15.2. The normalized spacial score (nSPS) is 12.9. The second-order valence-electron chi connectivity index (χ2n) is 5.74. The van der Waals surface area contributed by atoms with E-state index >= 15 is 0 Å². The van der Waals surface area contributed by atoms with Crippen molar-refractivity contribution in [2.24, 2.45) is 5.41 Å². The van der Waals surface area contributed by atoms with Crippen molar-refractivity contribution in [3.8, 4) is 0 Å². The van der Waals surface area contributed by atoms with Gasteiger partial charge in [-0.1, -0.05) is 20.8 Å². The van der Waals surface area contributed by atoms with Gasteiger partial charge in [-0.05, 0) is 12.3 Å². The van der Waals surface area contributed by atoms with E-state index in [2.05, 4.69) is 0 Å². The predicted molar refractivity (Wildman–Crippen MR) is 73.2 cm³/mol. The molecule has 6 heteroatoms. The Bertz CT molecular complexity index is 312. The van der Waals surface area contributed by atoms with E-state index in [1.807, 2.05) is 27.7 Å². The molecule has 0 bridgehead atoms. The van der Waals surface area contributed by atoms with Crippen molar-refractivity contribution >= 4 is 12.0 Å². The maximum Gasteiger partial charge on any atom is 0.323 e. The highest BCUT2D eigenvalue weighted by Crippen LogP contribution is 2.23. The Morgan fingerprint density at radius 3 is 2.21 bits per heavy atom. The van der Waals surface area contributed by atoms with Crippen LogP contribution in [-0.4, -0.2) is 66.8 Å². The summed E-state index contributed by atoms with van der Waals surface area (Å²) in [7, 11) is 3.21. The second-order valence-corrected chi connectivity index (χ2v) is 5.74. The Labute approximate surface area is 115 Å². The molecule has 0 heterocycles. The van der Waals surface area contributed by atoms with Crippen LogP contribution in [0.25, 0.3) is 0 Å². The molecule has 1 N–H and O–H groups in total. The first-order valence-corrected chi connectivity index (χ1v) is 6.33. The first-order chi connectivity index (χ1) is 8.61. The van der Waals surface area contributed by atoms with Crippen LogP contribution in [0.3, 0.4) is 0 Å². The summed E-state index contributed by atoms with van der Waals surface area (Å²) in [5, 5.41) is 8.86. The molecule has 0 spiro atoms. The molecule has 0 fully saturated rings. The van der Waals surface area contributed by atoms with Crippen LogP contribution >= 0.6 is 0 Å². The highest BCUT2D eigenvalue weighted by Gasteiger charge is 2.30. The molecule has 0 saturated heterocycles. The van der Waals surface area contributed by atoms with Crippen LogP contribution < -0.4 is 0 Å². The van der Waals surface area contributed by atoms with E-state index in [4.69, 9.17) is 9.84 Å². The van der Waals surface area contributed by atoms with Gasteiger partial charge in [0.05, 0.1) is 6.61 Å². The van der Waals surface area contributed by atoms with Crippen LogP contribution in [0.4, 0.5) is 4.79 Å². The molecule has 0 aromatic carbocycles. The highest BCUT2D eigenvalue weighted by atomic mass is 16.5. The number of carboxylic acid groups (broad SMARTS) is 1. The molecule has 19 heavy (non-hydrogen) atoms. The number of carbonyl (C=O) groups is 2. The molecule has 1 unspecified atom stereocenters. The first-order valence-electron chi connectivity index (χ1n) is 6.33. The quantitative estimate of drug-likeness (QED) is 0.797. The van der Waals surface area contributed by atoms with Crippen molar-refractivity contribution in [1.82, 2.24) is 9.80 Å². The number of rotatable bonds is 6. The molecule has 0 aromatic rings. The van der Waals surface area contributed by atoms with Crippen molar-refractivity contribution < 1.29 is 19.4 Å².